The highest BCUT2D eigenvalue weighted by Gasteiger charge is 2.03. The Hall–Kier alpha value is -0.980. The first-order valence-electron chi connectivity index (χ1n) is 4.89. The molecule has 0 rings (SSSR count). The summed E-state index contributed by atoms with van der Waals surface area (Å²) in [6, 6.07) is 0. The van der Waals surface area contributed by atoms with Crippen molar-refractivity contribution in [1.29, 1.82) is 0 Å². The van der Waals surface area contributed by atoms with Crippen molar-refractivity contribution in [3.63, 3.8) is 0 Å². The third kappa shape index (κ3) is 3.97. The van der Waals surface area contributed by atoms with Crippen LogP contribution in [-0.4, -0.2) is 18.5 Å². The Kier molecular flexibility index (Phi) is 6.03. The molecule has 0 aliphatic heterocycles. The van der Waals surface area contributed by atoms with Gasteiger partial charge < -0.3 is 4.90 Å². The van der Waals surface area contributed by atoms with E-state index in [1.807, 2.05) is 13.0 Å². The summed E-state index contributed by atoms with van der Waals surface area (Å²) in [6.45, 7) is 11.4. The molecule has 0 aromatic heterocycles. The van der Waals surface area contributed by atoms with Gasteiger partial charge in [0.15, 0.2) is 0 Å². The van der Waals surface area contributed by atoms with E-state index in [-0.39, 0.29) is 0 Å². The third-order valence-electron chi connectivity index (χ3n) is 2.12. The zero-order valence-corrected chi connectivity index (χ0v) is 9.30. The van der Waals surface area contributed by atoms with Crippen LogP contribution in [0.1, 0.15) is 27.2 Å². The zero-order valence-electron chi connectivity index (χ0n) is 9.30. The van der Waals surface area contributed by atoms with E-state index in [0.29, 0.717) is 0 Å². The van der Waals surface area contributed by atoms with Crippen molar-refractivity contribution in [2.75, 3.05) is 13.6 Å². The van der Waals surface area contributed by atoms with Crippen LogP contribution in [0.25, 0.3) is 0 Å². The van der Waals surface area contributed by atoms with E-state index in [2.05, 4.69) is 44.5 Å². The van der Waals surface area contributed by atoms with Gasteiger partial charge in [-0.25, -0.2) is 0 Å². The molecule has 0 radical (unpaired) electrons. The number of nitrogens with zero attached hydrogens (tertiary/aromatic N) is 1. The molecule has 0 fully saturated rings. The summed E-state index contributed by atoms with van der Waals surface area (Å²) >= 11 is 0. The molecule has 1 nitrogen and oxygen atoms in total. The van der Waals surface area contributed by atoms with Gasteiger partial charge in [0.05, 0.1) is 0 Å². The zero-order chi connectivity index (χ0) is 10.3. The number of hydrogen-bond donors (Lipinski definition) is 0. The Labute approximate surface area is 82.4 Å². The summed E-state index contributed by atoms with van der Waals surface area (Å²) in [5.41, 5.74) is 2.44. The first kappa shape index (κ1) is 12.0. The Morgan fingerprint density at radius 2 is 2.00 bits per heavy atom. The first-order valence-corrected chi connectivity index (χ1v) is 4.89. The second-order valence-electron chi connectivity index (χ2n) is 3.05. The van der Waals surface area contributed by atoms with Crippen LogP contribution in [0.5, 0.6) is 0 Å². The van der Waals surface area contributed by atoms with E-state index in [1.165, 1.54) is 11.3 Å². The van der Waals surface area contributed by atoms with Crippen molar-refractivity contribution < 1.29 is 0 Å². The Bertz CT molecular complexity index is 211. The topological polar surface area (TPSA) is 3.24 Å². The van der Waals surface area contributed by atoms with Gasteiger partial charge in [-0.1, -0.05) is 25.7 Å². The second kappa shape index (κ2) is 6.53. The van der Waals surface area contributed by atoms with Gasteiger partial charge in [-0.3, -0.25) is 0 Å². The largest absolute Gasteiger partial charge is 0.375 e. The summed E-state index contributed by atoms with van der Waals surface area (Å²) in [5, 5.41) is 0. The molecule has 0 amide bonds. The van der Waals surface area contributed by atoms with Gasteiger partial charge in [0.25, 0.3) is 0 Å². The summed E-state index contributed by atoms with van der Waals surface area (Å²) in [4.78, 5) is 2.21. The van der Waals surface area contributed by atoms with Crippen LogP contribution in [0.2, 0.25) is 0 Å². The number of rotatable bonds is 5. The minimum Gasteiger partial charge on any atom is -0.375 e. The molecule has 0 aromatic rings. The van der Waals surface area contributed by atoms with Crippen LogP contribution in [-0.2, 0) is 0 Å². The molecule has 0 heterocycles. The molecule has 0 atom stereocenters. The van der Waals surface area contributed by atoms with Crippen LogP contribution < -0.4 is 0 Å². The second-order valence-corrected chi connectivity index (χ2v) is 3.05. The van der Waals surface area contributed by atoms with Crippen molar-refractivity contribution in [3.05, 3.63) is 36.1 Å². The van der Waals surface area contributed by atoms with Gasteiger partial charge in [-0.05, 0) is 31.9 Å². The van der Waals surface area contributed by atoms with E-state index in [1.54, 1.807) is 0 Å². The maximum atomic E-state index is 4.05. The van der Waals surface area contributed by atoms with E-state index in [9.17, 15) is 0 Å². The SMILES string of the molecule is C=C(CC)/C(=C\C=C/C)N(C)CC. The lowest BCUT2D eigenvalue weighted by atomic mass is 10.1. The fourth-order valence-electron chi connectivity index (χ4n) is 1.05. The average Bonchev–Trinajstić information content (AvgIpc) is 2.17. The molecule has 0 unspecified atom stereocenters. The van der Waals surface area contributed by atoms with Crippen molar-refractivity contribution in [1.82, 2.24) is 4.90 Å². The van der Waals surface area contributed by atoms with Crippen LogP contribution >= 0.6 is 0 Å². The summed E-state index contributed by atoms with van der Waals surface area (Å²) < 4.78 is 0. The number of allylic oxidation sites excluding steroid dienone is 4. The average molecular weight is 179 g/mol. The monoisotopic (exact) mass is 179 g/mol. The highest BCUT2D eigenvalue weighted by atomic mass is 15.1. The predicted octanol–water partition coefficient (Wildman–Crippen LogP) is 3.36. The van der Waals surface area contributed by atoms with Crippen LogP contribution in [0.3, 0.4) is 0 Å². The van der Waals surface area contributed by atoms with Crippen LogP contribution in [0, 0.1) is 0 Å². The maximum Gasteiger partial charge on any atom is 0.0389 e. The lowest BCUT2D eigenvalue weighted by Crippen LogP contribution is -2.17. The predicted molar refractivity (Wildman–Crippen MR) is 60.6 cm³/mol. The molecule has 74 valence electrons. The molecule has 0 aromatic carbocycles. The molecule has 0 aliphatic rings. The van der Waals surface area contributed by atoms with E-state index in [0.717, 1.165) is 13.0 Å². The highest BCUT2D eigenvalue weighted by molar-refractivity contribution is 5.29. The van der Waals surface area contributed by atoms with Gasteiger partial charge >= 0.3 is 0 Å². The first-order chi connectivity index (χ1) is 6.17. The lowest BCUT2D eigenvalue weighted by Gasteiger charge is -2.21. The minimum atomic E-state index is 1.01. The van der Waals surface area contributed by atoms with Gasteiger partial charge in [0, 0.05) is 19.3 Å². The lowest BCUT2D eigenvalue weighted by molar-refractivity contribution is 0.447. The molecule has 0 saturated carbocycles. The Morgan fingerprint density at radius 3 is 2.38 bits per heavy atom. The standard InChI is InChI=1S/C12H21N/c1-6-9-10-12(11(4)7-2)13(5)8-3/h6,9-10H,4,7-8H2,1-3,5H3/b9-6-,12-10+. The summed E-state index contributed by atoms with van der Waals surface area (Å²) in [7, 11) is 2.09. The van der Waals surface area contributed by atoms with Crippen molar-refractivity contribution in [3.8, 4) is 0 Å². The molecule has 1 heteroatoms. The van der Waals surface area contributed by atoms with Gasteiger partial charge in [0.2, 0.25) is 0 Å². The number of hydrogen-bond acceptors (Lipinski definition) is 1. The minimum absolute atomic E-state index is 1.01. The quantitative estimate of drug-likeness (QED) is 0.585. The van der Waals surface area contributed by atoms with Crippen molar-refractivity contribution >= 4 is 0 Å². The molecule has 0 saturated heterocycles. The third-order valence-corrected chi connectivity index (χ3v) is 2.12. The summed E-state index contributed by atoms with van der Waals surface area (Å²) in [6.07, 6.45) is 7.22. The summed E-state index contributed by atoms with van der Waals surface area (Å²) in [5.74, 6) is 0. The Morgan fingerprint density at radius 1 is 1.38 bits per heavy atom. The molecule has 0 bridgehead atoms. The normalized spacial score (nSPS) is 12.2. The van der Waals surface area contributed by atoms with Crippen LogP contribution in [0.15, 0.2) is 36.1 Å². The smallest absolute Gasteiger partial charge is 0.0389 e. The number of likely N-dealkylation sites (N-methyl/N-ethyl adjacent to an activating group) is 1. The van der Waals surface area contributed by atoms with Crippen molar-refractivity contribution in [2.45, 2.75) is 27.2 Å². The van der Waals surface area contributed by atoms with Gasteiger partial charge in [0.1, 0.15) is 0 Å². The van der Waals surface area contributed by atoms with Gasteiger partial charge in [-0.2, -0.15) is 0 Å². The van der Waals surface area contributed by atoms with Crippen molar-refractivity contribution in [2.24, 2.45) is 0 Å². The van der Waals surface area contributed by atoms with Gasteiger partial charge in [-0.15, -0.1) is 0 Å². The molecule has 13 heavy (non-hydrogen) atoms. The Balaban J connectivity index is 4.64. The fourth-order valence-corrected chi connectivity index (χ4v) is 1.05. The fraction of sp³-hybridized carbons (Fsp3) is 0.500. The van der Waals surface area contributed by atoms with E-state index in [4.69, 9.17) is 0 Å². The highest BCUT2D eigenvalue weighted by Crippen LogP contribution is 2.14. The molecule has 0 spiro atoms. The maximum absolute atomic E-state index is 4.05. The van der Waals surface area contributed by atoms with Crippen LogP contribution in [0.4, 0.5) is 0 Å². The van der Waals surface area contributed by atoms with E-state index >= 15 is 0 Å². The molecule has 0 aliphatic carbocycles. The van der Waals surface area contributed by atoms with E-state index < -0.39 is 0 Å². The molecular formula is C12H21N. The molecule has 0 N–H and O–H groups in total. The molecular weight excluding hydrogens is 158 g/mol.